The Morgan fingerprint density at radius 3 is 2.14 bits per heavy atom. The van der Waals surface area contributed by atoms with Crippen LogP contribution in [0.5, 0.6) is 0 Å². The van der Waals surface area contributed by atoms with Crippen molar-refractivity contribution < 1.29 is 4.21 Å². The van der Waals surface area contributed by atoms with Crippen LogP contribution in [0.2, 0.25) is 0 Å². The third kappa shape index (κ3) is 2.36. The van der Waals surface area contributed by atoms with Crippen molar-refractivity contribution in [3.05, 3.63) is 10.6 Å². The molecule has 80 valence electrons. The summed E-state index contributed by atoms with van der Waals surface area (Å²) in [4.78, 5) is 5.53. The number of thiazole rings is 1. The Labute approximate surface area is 90.4 Å². The summed E-state index contributed by atoms with van der Waals surface area (Å²) in [7, 11) is -2.16. The van der Waals surface area contributed by atoms with Crippen LogP contribution in [0, 0.1) is 6.92 Å². The molecular weight excluding hydrogens is 214 g/mol. The van der Waals surface area contributed by atoms with Crippen LogP contribution in [0.15, 0.2) is 4.34 Å². The van der Waals surface area contributed by atoms with Gasteiger partial charge >= 0.3 is 0 Å². The first-order chi connectivity index (χ1) is 6.12. The number of rotatable bonds is 1. The van der Waals surface area contributed by atoms with Gasteiger partial charge in [-0.15, -0.1) is 11.3 Å². The highest BCUT2D eigenvalue weighted by molar-refractivity contribution is 8.01. The molecule has 1 heterocycles. The van der Waals surface area contributed by atoms with Gasteiger partial charge in [-0.2, -0.15) is 0 Å². The first-order valence-electron chi connectivity index (χ1n) is 4.42. The van der Waals surface area contributed by atoms with Gasteiger partial charge in [0.1, 0.15) is 0 Å². The van der Waals surface area contributed by atoms with Crippen molar-refractivity contribution in [1.29, 1.82) is 0 Å². The molecule has 0 saturated carbocycles. The van der Waals surface area contributed by atoms with E-state index in [4.69, 9.17) is 0 Å². The molecule has 0 aliphatic rings. The summed E-state index contributed by atoms with van der Waals surface area (Å²) >= 11 is 1.52. The molecular formula is C10H17NOS2. The smallest absolute Gasteiger partial charge is 0.172 e. The van der Waals surface area contributed by atoms with E-state index in [1.54, 1.807) is 6.26 Å². The highest BCUT2D eigenvalue weighted by Gasteiger charge is 2.22. The third-order valence-electron chi connectivity index (χ3n) is 1.83. The molecule has 1 aromatic rings. The SMILES string of the molecule is C=S(C)(=O)c1nc(C)c(C(C)(C)C)s1. The zero-order valence-corrected chi connectivity index (χ0v) is 11.0. The number of nitrogens with zero attached hydrogens (tertiary/aromatic N) is 1. The predicted molar refractivity (Wildman–Crippen MR) is 65.0 cm³/mol. The summed E-state index contributed by atoms with van der Waals surface area (Å²) < 4.78 is 12.4. The maximum Gasteiger partial charge on any atom is 0.172 e. The van der Waals surface area contributed by atoms with Gasteiger partial charge in [0.05, 0.1) is 5.69 Å². The lowest BCUT2D eigenvalue weighted by molar-refractivity contribution is 0.598. The van der Waals surface area contributed by atoms with Crippen molar-refractivity contribution in [2.24, 2.45) is 0 Å². The fourth-order valence-corrected chi connectivity index (χ4v) is 3.39. The van der Waals surface area contributed by atoms with Crippen LogP contribution in [-0.4, -0.2) is 21.3 Å². The van der Waals surface area contributed by atoms with Crippen molar-refractivity contribution in [3.63, 3.8) is 0 Å². The molecule has 1 rings (SSSR count). The topological polar surface area (TPSA) is 30.0 Å². The van der Waals surface area contributed by atoms with Crippen LogP contribution >= 0.6 is 11.3 Å². The molecule has 2 nitrogen and oxygen atoms in total. The zero-order valence-electron chi connectivity index (χ0n) is 9.38. The lowest BCUT2D eigenvalue weighted by Crippen LogP contribution is -2.10. The fraction of sp³-hybridized carbons (Fsp3) is 0.600. The Morgan fingerprint density at radius 2 is 1.93 bits per heavy atom. The van der Waals surface area contributed by atoms with E-state index in [1.165, 1.54) is 16.2 Å². The first kappa shape index (κ1) is 11.7. The minimum atomic E-state index is -2.16. The maximum atomic E-state index is 11.7. The molecule has 0 amide bonds. The minimum absolute atomic E-state index is 0.0741. The van der Waals surface area contributed by atoms with Gasteiger partial charge < -0.3 is 0 Å². The second kappa shape index (κ2) is 3.35. The maximum absolute atomic E-state index is 11.7. The average molecular weight is 231 g/mol. The molecule has 0 bridgehead atoms. The Balaban J connectivity index is 3.33. The van der Waals surface area contributed by atoms with Gasteiger partial charge in [0.2, 0.25) is 0 Å². The highest BCUT2D eigenvalue weighted by Crippen LogP contribution is 2.32. The highest BCUT2D eigenvalue weighted by atomic mass is 32.2. The molecule has 1 unspecified atom stereocenters. The molecule has 0 radical (unpaired) electrons. The molecule has 0 aliphatic carbocycles. The number of aromatic nitrogens is 1. The molecule has 0 aliphatic heterocycles. The summed E-state index contributed by atoms with van der Waals surface area (Å²) in [6.07, 6.45) is 1.64. The Morgan fingerprint density at radius 1 is 1.43 bits per heavy atom. The lowest BCUT2D eigenvalue weighted by Gasteiger charge is -2.16. The molecule has 0 spiro atoms. The molecule has 1 aromatic heterocycles. The van der Waals surface area contributed by atoms with Crippen LogP contribution < -0.4 is 0 Å². The third-order valence-corrected chi connectivity index (χ3v) is 5.34. The van der Waals surface area contributed by atoms with Crippen molar-refractivity contribution in [3.8, 4) is 0 Å². The quantitative estimate of drug-likeness (QED) is 0.695. The van der Waals surface area contributed by atoms with Gasteiger partial charge in [-0.05, 0) is 18.2 Å². The van der Waals surface area contributed by atoms with E-state index in [1.807, 2.05) is 6.92 Å². The van der Waals surface area contributed by atoms with Crippen molar-refractivity contribution in [2.45, 2.75) is 37.4 Å². The number of aryl methyl sites for hydroxylation is 1. The van der Waals surface area contributed by atoms with E-state index in [9.17, 15) is 4.21 Å². The molecule has 4 heteroatoms. The molecule has 0 fully saturated rings. The summed E-state index contributed by atoms with van der Waals surface area (Å²) in [5.74, 6) is 3.65. The molecule has 0 aromatic carbocycles. The molecule has 1 atom stereocenters. The zero-order chi connectivity index (χ0) is 11.1. The first-order valence-corrected chi connectivity index (χ1v) is 7.38. The molecule has 14 heavy (non-hydrogen) atoms. The van der Waals surface area contributed by atoms with Gasteiger partial charge in [-0.25, -0.2) is 4.98 Å². The summed E-state index contributed by atoms with van der Waals surface area (Å²) in [6.45, 7) is 8.37. The van der Waals surface area contributed by atoms with Gasteiger partial charge in [0.25, 0.3) is 0 Å². The van der Waals surface area contributed by atoms with Crippen LogP contribution in [0.25, 0.3) is 0 Å². The van der Waals surface area contributed by atoms with Crippen molar-refractivity contribution in [1.82, 2.24) is 4.98 Å². The van der Waals surface area contributed by atoms with Gasteiger partial charge in [0.15, 0.2) is 4.34 Å². The average Bonchev–Trinajstić information content (AvgIpc) is 2.27. The monoisotopic (exact) mass is 231 g/mol. The summed E-state index contributed by atoms with van der Waals surface area (Å²) in [6, 6.07) is 0. The van der Waals surface area contributed by atoms with Gasteiger partial charge in [-0.1, -0.05) is 20.8 Å². The molecule has 0 N–H and O–H groups in total. The van der Waals surface area contributed by atoms with Gasteiger partial charge in [-0.3, -0.25) is 4.21 Å². The largest absolute Gasteiger partial charge is 0.261 e. The number of hydrogen-bond acceptors (Lipinski definition) is 3. The summed E-state index contributed by atoms with van der Waals surface area (Å²) in [5.41, 5.74) is 1.06. The second-order valence-electron chi connectivity index (χ2n) is 4.65. The Kier molecular flexibility index (Phi) is 2.80. The molecule has 0 saturated heterocycles. The van der Waals surface area contributed by atoms with E-state index >= 15 is 0 Å². The van der Waals surface area contributed by atoms with Crippen LogP contribution in [0.4, 0.5) is 0 Å². The minimum Gasteiger partial charge on any atom is -0.261 e. The Hall–Kier alpha value is -0.350. The number of hydrogen-bond donors (Lipinski definition) is 0. The van der Waals surface area contributed by atoms with Gasteiger partial charge in [0, 0.05) is 20.7 Å². The normalized spacial score (nSPS) is 16.6. The fourth-order valence-electron chi connectivity index (χ4n) is 1.25. The lowest BCUT2D eigenvalue weighted by atomic mass is 9.94. The van der Waals surface area contributed by atoms with E-state index in [-0.39, 0.29) is 5.41 Å². The van der Waals surface area contributed by atoms with Crippen molar-refractivity contribution in [2.75, 3.05) is 6.26 Å². The van der Waals surface area contributed by atoms with Crippen LogP contribution in [0.3, 0.4) is 0 Å². The van der Waals surface area contributed by atoms with E-state index in [0.29, 0.717) is 4.34 Å². The van der Waals surface area contributed by atoms with E-state index < -0.39 is 9.52 Å². The standard InChI is InChI=1S/C10H17NOS2/c1-7-8(10(2,3)4)13-9(11-7)14(5,6)12/h5H2,1-4,6H3. The van der Waals surface area contributed by atoms with E-state index in [0.717, 1.165) is 5.69 Å². The summed E-state index contributed by atoms with van der Waals surface area (Å²) in [5, 5.41) is 0. The van der Waals surface area contributed by atoms with E-state index in [2.05, 4.69) is 31.6 Å². The Bertz CT molecular complexity index is 435. The second-order valence-corrected chi connectivity index (χ2v) is 8.30. The van der Waals surface area contributed by atoms with Crippen LogP contribution in [0.1, 0.15) is 31.3 Å². The van der Waals surface area contributed by atoms with Crippen molar-refractivity contribution >= 4 is 26.7 Å². The van der Waals surface area contributed by atoms with Crippen LogP contribution in [-0.2, 0) is 14.9 Å². The predicted octanol–water partition coefficient (Wildman–Crippen LogP) is 2.45.